The highest BCUT2D eigenvalue weighted by molar-refractivity contribution is 6.43. The van der Waals surface area contributed by atoms with E-state index >= 15 is 0 Å². The van der Waals surface area contributed by atoms with Gasteiger partial charge in [0.15, 0.2) is 0 Å². The van der Waals surface area contributed by atoms with Crippen LogP contribution in [0.5, 0.6) is 0 Å². The van der Waals surface area contributed by atoms with Gasteiger partial charge in [0.2, 0.25) is 11.6 Å². The van der Waals surface area contributed by atoms with Crippen molar-refractivity contribution < 1.29 is 18.8 Å². The first-order valence-electron chi connectivity index (χ1n) is 8.93. The molecule has 3 saturated carbocycles. The molecule has 4 aliphatic rings. The minimum absolute atomic E-state index is 0.212. The predicted octanol–water partition coefficient (Wildman–Crippen LogP) is 3.59. The SMILES string of the molecule is C[C@]12C=CC(=O)C(=O)C1C(=CF)C[C@@H]1[C@@H]2CC[C@]2(C)C(=O)CC[C@@H]12. The second kappa shape index (κ2) is 4.96. The monoisotopic (exact) mass is 330 g/mol. The normalized spacial score (nSPS) is 49.1. The Balaban J connectivity index is 1.81. The van der Waals surface area contributed by atoms with Crippen LogP contribution in [-0.4, -0.2) is 17.3 Å². The Morgan fingerprint density at radius 2 is 1.92 bits per heavy atom. The molecule has 0 heterocycles. The standard InChI is InChI=1S/C20H23FO3/c1-19-7-5-14-12(13(19)3-4-16(19)23)9-11(10-21)17-18(24)15(22)6-8-20(14,17)2/h6,8,10,12-14,17H,3-5,7,9H2,1-2H3/t12-,13-,14-,17?,19-,20+/m0/s1. The van der Waals surface area contributed by atoms with Crippen LogP contribution in [0.25, 0.3) is 0 Å². The Bertz CT molecular complexity index is 706. The molecule has 6 atom stereocenters. The highest BCUT2D eigenvalue weighted by Crippen LogP contribution is 2.64. The molecule has 0 aromatic rings. The largest absolute Gasteiger partial charge is 0.299 e. The third kappa shape index (κ3) is 1.80. The van der Waals surface area contributed by atoms with E-state index in [0.717, 1.165) is 19.3 Å². The Hall–Kier alpha value is -1.58. The van der Waals surface area contributed by atoms with E-state index in [1.807, 2.05) is 13.0 Å². The summed E-state index contributed by atoms with van der Waals surface area (Å²) in [6.45, 7) is 4.07. The Labute approximate surface area is 141 Å². The van der Waals surface area contributed by atoms with E-state index in [-0.39, 0.29) is 23.2 Å². The molecule has 4 aliphatic carbocycles. The summed E-state index contributed by atoms with van der Waals surface area (Å²) in [6, 6.07) is 0. The molecule has 128 valence electrons. The summed E-state index contributed by atoms with van der Waals surface area (Å²) in [6.07, 6.45) is 7.46. The van der Waals surface area contributed by atoms with E-state index in [1.165, 1.54) is 6.08 Å². The quantitative estimate of drug-likeness (QED) is 0.638. The summed E-state index contributed by atoms with van der Waals surface area (Å²) in [5.74, 6) is -0.618. The number of hydrogen-bond acceptors (Lipinski definition) is 3. The van der Waals surface area contributed by atoms with E-state index < -0.39 is 22.9 Å². The van der Waals surface area contributed by atoms with E-state index in [9.17, 15) is 18.8 Å². The fraction of sp³-hybridized carbons (Fsp3) is 0.650. The van der Waals surface area contributed by atoms with Gasteiger partial charge in [0.25, 0.3) is 0 Å². The van der Waals surface area contributed by atoms with Crippen LogP contribution >= 0.6 is 0 Å². The van der Waals surface area contributed by atoms with Crippen molar-refractivity contribution in [2.75, 3.05) is 0 Å². The van der Waals surface area contributed by atoms with Crippen molar-refractivity contribution >= 4 is 17.3 Å². The molecule has 0 aromatic heterocycles. The lowest BCUT2D eigenvalue weighted by Gasteiger charge is -2.57. The van der Waals surface area contributed by atoms with E-state index in [1.54, 1.807) is 0 Å². The van der Waals surface area contributed by atoms with Crippen LogP contribution in [0.2, 0.25) is 0 Å². The van der Waals surface area contributed by atoms with Crippen LogP contribution in [0.15, 0.2) is 24.1 Å². The van der Waals surface area contributed by atoms with E-state index in [4.69, 9.17) is 0 Å². The van der Waals surface area contributed by atoms with Gasteiger partial charge in [-0.1, -0.05) is 19.9 Å². The molecule has 3 nitrogen and oxygen atoms in total. The Morgan fingerprint density at radius 3 is 2.62 bits per heavy atom. The number of rotatable bonds is 0. The van der Waals surface area contributed by atoms with Gasteiger partial charge in [0.05, 0.1) is 12.2 Å². The summed E-state index contributed by atoms with van der Waals surface area (Å²) in [5, 5.41) is 0. The van der Waals surface area contributed by atoms with Gasteiger partial charge in [0, 0.05) is 17.3 Å². The Kier molecular flexibility index (Phi) is 3.29. The molecule has 4 rings (SSSR count). The maximum Gasteiger partial charge on any atom is 0.221 e. The molecule has 0 spiro atoms. The molecular formula is C20H23FO3. The van der Waals surface area contributed by atoms with Crippen molar-refractivity contribution in [1.29, 1.82) is 0 Å². The summed E-state index contributed by atoms with van der Waals surface area (Å²) in [5.41, 5.74) is -0.354. The van der Waals surface area contributed by atoms with Crippen molar-refractivity contribution in [3.05, 3.63) is 24.1 Å². The average Bonchev–Trinajstić information content (AvgIpc) is 2.86. The minimum atomic E-state index is -0.664. The van der Waals surface area contributed by atoms with Gasteiger partial charge in [-0.05, 0) is 55.1 Å². The zero-order valence-corrected chi connectivity index (χ0v) is 14.2. The molecule has 24 heavy (non-hydrogen) atoms. The summed E-state index contributed by atoms with van der Waals surface area (Å²) >= 11 is 0. The topological polar surface area (TPSA) is 51.2 Å². The number of hydrogen-bond donors (Lipinski definition) is 0. The molecule has 0 bridgehead atoms. The van der Waals surface area contributed by atoms with Crippen LogP contribution in [0, 0.1) is 34.5 Å². The lowest BCUT2D eigenvalue weighted by atomic mass is 9.45. The van der Waals surface area contributed by atoms with Gasteiger partial charge in [0.1, 0.15) is 5.78 Å². The second-order valence-electron chi connectivity index (χ2n) is 8.54. The van der Waals surface area contributed by atoms with Gasteiger partial charge >= 0.3 is 0 Å². The first kappa shape index (κ1) is 15.9. The van der Waals surface area contributed by atoms with Crippen LogP contribution in [-0.2, 0) is 14.4 Å². The highest BCUT2D eigenvalue weighted by Gasteiger charge is 2.62. The first-order valence-corrected chi connectivity index (χ1v) is 8.93. The molecule has 0 aromatic carbocycles. The summed E-state index contributed by atoms with van der Waals surface area (Å²) < 4.78 is 13.7. The predicted molar refractivity (Wildman–Crippen MR) is 86.6 cm³/mol. The Morgan fingerprint density at radius 1 is 1.17 bits per heavy atom. The van der Waals surface area contributed by atoms with E-state index in [0.29, 0.717) is 30.5 Å². The van der Waals surface area contributed by atoms with Gasteiger partial charge in [-0.2, -0.15) is 0 Å². The molecule has 1 unspecified atom stereocenters. The number of carbonyl (C=O) groups is 3. The van der Waals surface area contributed by atoms with Crippen molar-refractivity contribution in [1.82, 2.24) is 0 Å². The average molecular weight is 330 g/mol. The zero-order chi connectivity index (χ0) is 17.3. The number of halogens is 1. The molecule has 0 saturated heterocycles. The number of ketones is 3. The van der Waals surface area contributed by atoms with Crippen molar-refractivity contribution in [2.45, 2.75) is 46.0 Å². The molecule has 0 aliphatic heterocycles. The van der Waals surface area contributed by atoms with Gasteiger partial charge in [-0.25, -0.2) is 4.39 Å². The third-order valence-electron chi connectivity index (χ3n) is 7.65. The fourth-order valence-corrected chi connectivity index (χ4v) is 6.38. The van der Waals surface area contributed by atoms with Crippen LogP contribution in [0.4, 0.5) is 4.39 Å². The number of carbonyl (C=O) groups excluding carboxylic acids is 3. The van der Waals surface area contributed by atoms with Gasteiger partial charge in [-0.15, -0.1) is 0 Å². The molecule has 0 radical (unpaired) electrons. The molecule has 3 fully saturated rings. The van der Waals surface area contributed by atoms with E-state index in [2.05, 4.69) is 6.92 Å². The number of fused-ring (bicyclic) bond motifs is 5. The fourth-order valence-electron chi connectivity index (χ4n) is 6.38. The second-order valence-corrected chi connectivity index (χ2v) is 8.54. The van der Waals surface area contributed by atoms with Gasteiger partial charge in [-0.3, -0.25) is 14.4 Å². The van der Waals surface area contributed by atoms with Crippen LogP contribution < -0.4 is 0 Å². The zero-order valence-electron chi connectivity index (χ0n) is 14.2. The third-order valence-corrected chi connectivity index (χ3v) is 7.65. The molecule has 0 N–H and O–H groups in total. The lowest BCUT2D eigenvalue weighted by molar-refractivity contribution is -0.144. The van der Waals surface area contributed by atoms with Crippen LogP contribution in [0.1, 0.15) is 46.0 Å². The maximum absolute atomic E-state index is 13.7. The molecular weight excluding hydrogens is 307 g/mol. The number of allylic oxidation sites excluding steroid dienone is 3. The van der Waals surface area contributed by atoms with Crippen LogP contribution in [0.3, 0.4) is 0 Å². The van der Waals surface area contributed by atoms with Crippen molar-refractivity contribution in [2.24, 2.45) is 34.5 Å². The van der Waals surface area contributed by atoms with Gasteiger partial charge < -0.3 is 0 Å². The summed E-state index contributed by atoms with van der Waals surface area (Å²) in [4.78, 5) is 36.8. The number of Topliss-reactive ketones (excluding diaryl/α,β-unsaturated/α-hetero) is 2. The smallest absolute Gasteiger partial charge is 0.221 e. The lowest BCUT2D eigenvalue weighted by Crippen LogP contribution is -2.55. The first-order chi connectivity index (χ1) is 11.3. The maximum atomic E-state index is 13.7. The highest BCUT2D eigenvalue weighted by atomic mass is 19.1. The minimum Gasteiger partial charge on any atom is -0.299 e. The van der Waals surface area contributed by atoms with Crippen molar-refractivity contribution in [3.63, 3.8) is 0 Å². The summed E-state index contributed by atoms with van der Waals surface area (Å²) in [7, 11) is 0. The molecule has 0 amide bonds. The van der Waals surface area contributed by atoms with Crippen molar-refractivity contribution in [3.8, 4) is 0 Å². The molecule has 4 heteroatoms.